The van der Waals surface area contributed by atoms with Gasteiger partial charge in [-0.15, -0.1) is 11.8 Å². The summed E-state index contributed by atoms with van der Waals surface area (Å²) < 4.78 is 51.3. The number of aromatic nitrogens is 3. The van der Waals surface area contributed by atoms with Gasteiger partial charge >= 0.3 is 6.18 Å². The first-order valence-corrected chi connectivity index (χ1v) is 11.6. The molecule has 0 amide bonds. The fourth-order valence-corrected chi connectivity index (χ4v) is 4.18. The van der Waals surface area contributed by atoms with Crippen LogP contribution >= 0.6 is 11.8 Å². The highest BCUT2D eigenvalue weighted by atomic mass is 32.2. The van der Waals surface area contributed by atoms with Crippen LogP contribution in [-0.2, 0) is 10.9 Å². The Balaban J connectivity index is 1.71. The van der Waals surface area contributed by atoms with Crippen LogP contribution in [0.3, 0.4) is 0 Å². The molecule has 0 aliphatic carbocycles. The molecule has 1 aliphatic heterocycles. The van der Waals surface area contributed by atoms with Crippen molar-refractivity contribution in [2.75, 3.05) is 30.5 Å². The topological polar surface area (TPSA) is 95.2 Å². The number of benzene rings is 1. The SMILES string of the molecule is CSc1cc2nc(C)nc(N[C@H](C)c3cc(C(F)(F)F)cc(N)n3)c2cc1O[C@H]1CCOC1. The second-order valence-corrected chi connectivity index (χ2v) is 8.66. The number of alkyl halides is 3. The van der Waals surface area contributed by atoms with Gasteiger partial charge in [0.1, 0.15) is 29.3 Å². The van der Waals surface area contributed by atoms with Gasteiger partial charge in [-0.2, -0.15) is 13.2 Å². The Hall–Kier alpha value is -2.79. The van der Waals surface area contributed by atoms with Crippen molar-refractivity contribution in [2.45, 2.75) is 43.5 Å². The van der Waals surface area contributed by atoms with Gasteiger partial charge in [0, 0.05) is 11.8 Å². The molecule has 2 atom stereocenters. The van der Waals surface area contributed by atoms with Gasteiger partial charge in [-0.3, -0.25) is 0 Å². The molecule has 3 heterocycles. The molecule has 3 N–H and O–H groups in total. The monoisotopic (exact) mass is 479 g/mol. The molecule has 0 unspecified atom stereocenters. The Bertz CT molecular complexity index is 1170. The van der Waals surface area contributed by atoms with Crippen LogP contribution in [0, 0.1) is 6.92 Å². The van der Waals surface area contributed by atoms with Gasteiger partial charge in [-0.25, -0.2) is 15.0 Å². The maximum absolute atomic E-state index is 13.2. The second kappa shape index (κ2) is 9.22. The number of pyridine rings is 1. The van der Waals surface area contributed by atoms with Gasteiger partial charge in [0.2, 0.25) is 0 Å². The average Bonchev–Trinajstić information content (AvgIpc) is 3.25. The number of anilines is 2. The van der Waals surface area contributed by atoms with Crippen LogP contribution in [0.25, 0.3) is 10.9 Å². The van der Waals surface area contributed by atoms with Gasteiger partial charge in [0.15, 0.2) is 0 Å². The molecule has 4 rings (SSSR count). The summed E-state index contributed by atoms with van der Waals surface area (Å²) in [6.45, 7) is 4.65. The quantitative estimate of drug-likeness (QED) is 0.477. The maximum atomic E-state index is 13.2. The highest BCUT2D eigenvalue weighted by molar-refractivity contribution is 7.98. The third kappa shape index (κ3) is 5.25. The molecule has 7 nitrogen and oxygen atoms in total. The van der Waals surface area contributed by atoms with E-state index in [0.717, 1.165) is 23.4 Å². The number of halogens is 3. The van der Waals surface area contributed by atoms with E-state index in [-0.39, 0.29) is 17.6 Å². The van der Waals surface area contributed by atoms with E-state index < -0.39 is 17.8 Å². The molecule has 0 saturated carbocycles. The van der Waals surface area contributed by atoms with E-state index in [1.54, 1.807) is 25.6 Å². The van der Waals surface area contributed by atoms with Crippen molar-refractivity contribution in [2.24, 2.45) is 0 Å². The van der Waals surface area contributed by atoms with E-state index in [2.05, 4.69) is 20.3 Å². The molecule has 0 radical (unpaired) electrons. The molecule has 1 aliphatic rings. The smallest absolute Gasteiger partial charge is 0.416 e. The first-order chi connectivity index (χ1) is 15.6. The Kier molecular flexibility index (Phi) is 6.53. The molecule has 176 valence electrons. The summed E-state index contributed by atoms with van der Waals surface area (Å²) in [6.07, 6.45) is -1.79. The number of hydrogen-bond donors (Lipinski definition) is 2. The van der Waals surface area contributed by atoms with Crippen LogP contribution in [0.2, 0.25) is 0 Å². The highest BCUT2D eigenvalue weighted by Gasteiger charge is 2.32. The molecule has 1 fully saturated rings. The van der Waals surface area contributed by atoms with E-state index in [9.17, 15) is 13.2 Å². The van der Waals surface area contributed by atoms with E-state index in [0.29, 0.717) is 41.5 Å². The van der Waals surface area contributed by atoms with Crippen LogP contribution < -0.4 is 15.8 Å². The number of nitrogens with two attached hydrogens (primary N) is 1. The largest absolute Gasteiger partial charge is 0.487 e. The standard InChI is InChI=1S/C22H24F3N5O2S/c1-11(16-6-13(22(23,24)25)7-20(26)30-16)27-21-15-8-18(32-14-4-5-31-10-14)19(33-3)9-17(15)28-12(2)29-21/h6-9,11,14H,4-5,10H2,1-3H3,(H2,26,30)(H,27,28,29)/t11-,14+/m1/s1. The molecule has 2 aromatic heterocycles. The molecule has 3 aromatic rings. The molecule has 0 bridgehead atoms. The summed E-state index contributed by atoms with van der Waals surface area (Å²) in [5.74, 6) is 1.49. The van der Waals surface area contributed by atoms with Crippen molar-refractivity contribution in [1.29, 1.82) is 0 Å². The third-order valence-corrected chi connectivity index (χ3v) is 6.02. The number of aryl methyl sites for hydroxylation is 1. The molecule has 11 heteroatoms. The number of hydrogen-bond acceptors (Lipinski definition) is 8. The lowest BCUT2D eigenvalue weighted by Gasteiger charge is -2.20. The fraction of sp³-hybridized carbons (Fsp3) is 0.409. The van der Waals surface area contributed by atoms with E-state index in [4.69, 9.17) is 15.2 Å². The van der Waals surface area contributed by atoms with E-state index >= 15 is 0 Å². The summed E-state index contributed by atoms with van der Waals surface area (Å²) in [4.78, 5) is 14.0. The second-order valence-electron chi connectivity index (χ2n) is 7.81. The number of thioether (sulfide) groups is 1. The van der Waals surface area contributed by atoms with Crippen molar-refractivity contribution in [1.82, 2.24) is 15.0 Å². The molecule has 33 heavy (non-hydrogen) atoms. The van der Waals surface area contributed by atoms with Gasteiger partial charge in [-0.1, -0.05) is 0 Å². The molecule has 1 aromatic carbocycles. The van der Waals surface area contributed by atoms with Crippen molar-refractivity contribution in [3.8, 4) is 5.75 Å². The lowest BCUT2D eigenvalue weighted by Crippen LogP contribution is -2.16. The number of rotatable bonds is 6. The summed E-state index contributed by atoms with van der Waals surface area (Å²) in [5, 5.41) is 3.88. The van der Waals surface area contributed by atoms with Gasteiger partial charge in [-0.05, 0) is 44.4 Å². The molecular weight excluding hydrogens is 455 g/mol. The van der Waals surface area contributed by atoms with Crippen LogP contribution in [0.15, 0.2) is 29.2 Å². The minimum absolute atomic E-state index is 0.0349. The normalized spacial score (nSPS) is 17.3. The zero-order valence-corrected chi connectivity index (χ0v) is 19.2. The zero-order chi connectivity index (χ0) is 23.8. The van der Waals surface area contributed by atoms with Crippen molar-refractivity contribution in [3.05, 3.63) is 41.3 Å². The Labute approximate surface area is 193 Å². The number of ether oxygens (including phenoxy) is 2. The van der Waals surface area contributed by atoms with Gasteiger partial charge in [0.05, 0.1) is 40.9 Å². The summed E-state index contributed by atoms with van der Waals surface area (Å²) in [5.41, 5.74) is 5.65. The zero-order valence-electron chi connectivity index (χ0n) is 18.4. The average molecular weight is 480 g/mol. The van der Waals surface area contributed by atoms with Crippen molar-refractivity contribution in [3.63, 3.8) is 0 Å². The van der Waals surface area contributed by atoms with Crippen LogP contribution in [0.1, 0.15) is 36.5 Å². The third-order valence-electron chi connectivity index (χ3n) is 5.26. The maximum Gasteiger partial charge on any atom is 0.416 e. The van der Waals surface area contributed by atoms with Crippen molar-refractivity contribution < 1.29 is 22.6 Å². The number of fused-ring (bicyclic) bond motifs is 1. The molecule has 0 spiro atoms. The summed E-state index contributed by atoms with van der Waals surface area (Å²) in [6, 6.07) is 5.00. The Morgan fingerprint density at radius 3 is 2.67 bits per heavy atom. The first kappa shape index (κ1) is 23.4. The number of nitrogens with one attached hydrogen (secondary N) is 1. The molecular formula is C22H24F3N5O2S. The highest BCUT2D eigenvalue weighted by Crippen LogP contribution is 2.37. The van der Waals surface area contributed by atoms with Crippen LogP contribution in [-0.4, -0.2) is 40.5 Å². The predicted molar refractivity (Wildman–Crippen MR) is 122 cm³/mol. The molecule has 1 saturated heterocycles. The van der Waals surface area contributed by atoms with Crippen LogP contribution in [0.4, 0.5) is 24.8 Å². The lowest BCUT2D eigenvalue weighted by atomic mass is 10.1. The summed E-state index contributed by atoms with van der Waals surface area (Å²) >= 11 is 1.54. The minimum Gasteiger partial charge on any atom is -0.487 e. The fourth-order valence-electron chi connectivity index (χ4n) is 3.64. The lowest BCUT2D eigenvalue weighted by molar-refractivity contribution is -0.137. The van der Waals surface area contributed by atoms with Gasteiger partial charge in [0.25, 0.3) is 0 Å². The Morgan fingerprint density at radius 2 is 2.00 bits per heavy atom. The minimum atomic E-state index is -4.52. The van der Waals surface area contributed by atoms with Crippen molar-refractivity contribution >= 4 is 34.3 Å². The Morgan fingerprint density at radius 1 is 1.21 bits per heavy atom. The predicted octanol–water partition coefficient (Wildman–Crippen LogP) is 5.00. The number of nitrogens with zero attached hydrogens (tertiary/aromatic N) is 3. The van der Waals surface area contributed by atoms with Gasteiger partial charge < -0.3 is 20.5 Å². The first-order valence-electron chi connectivity index (χ1n) is 10.4. The van der Waals surface area contributed by atoms with E-state index in [1.807, 2.05) is 18.4 Å². The number of nitrogen functional groups attached to an aromatic ring is 1. The summed E-state index contributed by atoms with van der Waals surface area (Å²) in [7, 11) is 0. The van der Waals surface area contributed by atoms with Crippen LogP contribution in [0.5, 0.6) is 5.75 Å². The van der Waals surface area contributed by atoms with E-state index in [1.165, 1.54) is 0 Å².